The Hall–Kier alpha value is -5.15. The summed E-state index contributed by atoms with van der Waals surface area (Å²) in [5.74, 6) is -3.08. The van der Waals surface area contributed by atoms with E-state index in [1.807, 2.05) is 6.07 Å². The minimum Gasteiger partial charge on any atom is -0.462 e. The number of ether oxygens (including phenoxy) is 3. The number of hydrogen-bond donors (Lipinski definition) is 1. The van der Waals surface area contributed by atoms with Crippen LogP contribution in [0, 0.1) is 11.6 Å². The number of nitrogens with zero attached hydrogens (tertiary/aromatic N) is 6. The molecule has 50 heavy (non-hydrogen) atoms. The zero-order valence-corrected chi connectivity index (χ0v) is 29.0. The van der Waals surface area contributed by atoms with Crippen LogP contribution in [0.2, 0.25) is 0 Å². The number of H-pyrrole nitrogens is 1. The third kappa shape index (κ3) is 6.33. The molecule has 0 atom stereocenters. The number of carbonyl (C=O) groups is 2. The molecule has 15 heteroatoms. The van der Waals surface area contributed by atoms with Crippen molar-refractivity contribution in [1.29, 1.82) is 0 Å². The molecule has 1 aliphatic rings. The molecule has 1 aromatic carbocycles. The molecular formula is C35H39F2N7O6. The van der Waals surface area contributed by atoms with Gasteiger partial charge in [0, 0.05) is 82.1 Å². The van der Waals surface area contributed by atoms with Gasteiger partial charge in [-0.3, -0.25) is 19.0 Å². The van der Waals surface area contributed by atoms with Gasteiger partial charge in [0.2, 0.25) is 0 Å². The number of pyridine rings is 2. The number of esters is 1. The van der Waals surface area contributed by atoms with Crippen molar-refractivity contribution in [1.82, 2.24) is 24.3 Å². The summed E-state index contributed by atoms with van der Waals surface area (Å²) in [5.41, 5.74) is 1.30. The van der Waals surface area contributed by atoms with Gasteiger partial charge in [0.1, 0.15) is 22.5 Å². The van der Waals surface area contributed by atoms with E-state index in [4.69, 9.17) is 14.2 Å². The highest BCUT2D eigenvalue weighted by molar-refractivity contribution is 6.19. The molecule has 4 aromatic heterocycles. The average molecular weight is 692 g/mol. The molecule has 0 saturated carbocycles. The molecule has 5 aromatic rings. The van der Waals surface area contributed by atoms with Crippen molar-refractivity contribution >= 4 is 51.0 Å². The van der Waals surface area contributed by atoms with Gasteiger partial charge in [0.25, 0.3) is 5.56 Å². The molecule has 1 N–H and O–H groups in total. The number of hydrogen-bond acceptors (Lipinski definition) is 10. The molecule has 6 rings (SSSR count). The number of carbonyl (C=O) groups excluding carboxylic acids is 2. The average Bonchev–Trinajstić information content (AvgIpc) is 3.45. The molecule has 0 bridgehead atoms. The van der Waals surface area contributed by atoms with Crippen LogP contribution in [0.1, 0.15) is 43.6 Å². The molecule has 0 aliphatic carbocycles. The summed E-state index contributed by atoms with van der Waals surface area (Å²) in [6.07, 6.45) is 3.60. The molecule has 1 amide bonds. The van der Waals surface area contributed by atoms with Crippen LogP contribution in [0.15, 0.2) is 35.5 Å². The Kier molecular flexibility index (Phi) is 9.22. The number of amides is 1. The highest BCUT2D eigenvalue weighted by Gasteiger charge is 2.29. The Morgan fingerprint density at radius 2 is 1.78 bits per heavy atom. The predicted octanol–water partition coefficient (Wildman–Crippen LogP) is 5.12. The van der Waals surface area contributed by atoms with Gasteiger partial charge < -0.3 is 24.1 Å². The van der Waals surface area contributed by atoms with Crippen molar-refractivity contribution in [2.24, 2.45) is 0 Å². The summed E-state index contributed by atoms with van der Waals surface area (Å²) >= 11 is 0. The zero-order chi connectivity index (χ0) is 36.1. The maximum atomic E-state index is 15.9. The topological polar surface area (TPSA) is 135 Å². The maximum absolute atomic E-state index is 15.9. The van der Waals surface area contributed by atoms with Gasteiger partial charge in [-0.1, -0.05) is 0 Å². The van der Waals surface area contributed by atoms with Crippen LogP contribution >= 0.6 is 0 Å². The summed E-state index contributed by atoms with van der Waals surface area (Å²) in [6.45, 7) is 9.70. The van der Waals surface area contributed by atoms with Gasteiger partial charge in [-0.15, -0.1) is 0 Å². The first-order valence-corrected chi connectivity index (χ1v) is 16.2. The lowest BCUT2D eigenvalue weighted by molar-refractivity contribution is 0.0343. The summed E-state index contributed by atoms with van der Waals surface area (Å²) in [5, 5.41) is 0.153. The van der Waals surface area contributed by atoms with Crippen LogP contribution in [0.4, 0.5) is 25.0 Å². The Balaban J connectivity index is 1.62. The van der Waals surface area contributed by atoms with Crippen molar-refractivity contribution in [3.63, 3.8) is 0 Å². The highest BCUT2D eigenvalue weighted by atomic mass is 19.2. The monoisotopic (exact) mass is 691 g/mol. The third-order valence-corrected chi connectivity index (χ3v) is 8.40. The summed E-state index contributed by atoms with van der Waals surface area (Å²) in [7, 11) is 4.92. The van der Waals surface area contributed by atoms with Crippen LogP contribution < -0.4 is 15.4 Å². The molecule has 264 valence electrons. The van der Waals surface area contributed by atoms with Gasteiger partial charge in [-0.2, -0.15) is 0 Å². The molecule has 5 heterocycles. The number of halogens is 2. The Labute approximate surface area is 286 Å². The number of aromatic nitrogens is 4. The lowest BCUT2D eigenvalue weighted by Crippen LogP contribution is -2.36. The minimum absolute atomic E-state index is 0.0556. The first-order valence-electron chi connectivity index (χ1n) is 16.2. The fourth-order valence-electron chi connectivity index (χ4n) is 6.16. The molecule has 0 radical (unpaired) electrons. The summed E-state index contributed by atoms with van der Waals surface area (Å²) < 4.78 is 48.8. The molecular weight excluding hydrogens is 652 g/mol. The van der Waals surface area contributed by atoms with Gasteiger partial charge in [-0.05, 0) is 33.8 Å². The van der Waals surface area contributed by atoms with Crippen molar-refractivity contribution in [3.8, 4) is 11.1 Å². The fourth-order valence-corrected chi connectivity index (χ4v) is 6.16. The third-order valence-electron chi connectivity index (χ3n) is 8.40. The van der Waals surface area contributed by atoms with Crippen LogP contribution in [0.5, 0.6) is 0 Å². The Morgan fingerprint density at radius 3 is 2.44 bits per heavy atom. The maximum Gasteiger partial charge on any atom is 0.414 e. The van der Waals surface area contributed by atoms with E-state index in [1.165, 1.54) is 17.6 Å². The number of aromatic amines is 1. The van der Waals surface area contributed by atoms with E-state index in [2.05, 4.69) is 19.9 Å². The van der Waals surface area contributed by atoms with E-state index < -0.39 is 34.9 Å². The van der Waals surface area contributed by atoms with E-state index in [-0.39, 0.29) is 39.8 Å². The van der Waals surface area contributed by atoms with Crippen LogP contribution in [0.3, 0.4) is 0 Å². The van der Waals surface area contributed by atoms with Crippen molar-refractivity contribution in [2.75, 3.05) is 63.9 Å². The molecule has 13 nitrogen and oxygen atoms in total. The molecule has 0 spiro atoms. The smallest absolute Gasteiger partial charge is 0.414 e. The van der Waals surface area contributed by atoms with E-state index in [0.717, 1.165) is 11.0 Å². The van der Waals surface area contributed by atoms with E-state index in [9.17, 15) is 14.4 Å². The van der Waals surface area contributed by atoms with Gasteiger partial charge in [0.15, 0.2) is 11.6 Å². The second-order valence-electron chi connectivity index (χ2n) is 13.3. The van der Waals surface area contributed by atoms with Crippen LogP contribution in [-0.2, 0) is 20.8 Å². The van der Waals surface area contributed by atoms with E-state index in [0.29, 0.717) is 60.9 Å². The minimum atomic E-state index is -1.17. The second kappa shape index (κ2) is 13.3. The summed E-state index contributed by atoms with van der Waals surface area (Å²) in [4.78, 5) is 56.7. The number of fused-ring (bicyclic) bond motifs is 4. The zero-order valence-electron chi connectivity index (χ0n) is 29.0. The molecule has 1 fully saturated rings. The number of anilines is 2. The number of nitrogens with one attached hydrogen (secondary N) is 1. The lowest BCUT2D eigenvalue weighted by atomic mass is 10.0. The number of rotatable bonds is 7. The quantitative estimate of drug-likeness (QED) is 0.229. The lowest BCUT2D eigenvalue weighted by Gasteiger charge is -2.27. The molecule has 1 aliphatic heterocycles. The summed E-state index contributed by atoms with van der Waals surface area (Å²) in [6, 6.07) is 2.82. The predicted molar refractivity (Wildman–Crippen MR) is 185 cm³/mol. The Morgan fingerprint density at radius 1 is 1.06 bits per heavy atom. The van der Waals surface area contributed by atoms with Crippen LogP contribution in [0.25, 0.3) is 38.7 Å². The first-order chi connectivity index (χ1) is 23.7. The van der Waals surface area contributed by atoms with Crippen molar-refractivity contribution in [3.05, 3.63) is 63.8 Å². The number of morpholine rings is 1. The second-order valence-corrected chi connectivity index (χ2v) is 13.3. The standard InChI is InChI=1S/C35H39F2N7O6/c1-8-49-33(46)22-16-39-31-20(17-43-9-11-48-12-10-43)13-19(18-44(31)32(22)45)21-15-38-30-26(29(21)41(5)6)25-27(37)23(36)14-24(28(25)40-30)42(7)34(47)50-35(2,3)4/h13-16,18H,8-12,17H2,1-7H3,(H,38,40). The Bertz CT molecular complexity index is 2200. The van der Waals surface area contributed by atoms with Crippen molar-refractivity contribution < 1.29 is 32.6 Å². The normalized spacial score (nSPS) is 14.0. The van der Waals surface area contributed by atoms with Gasteiger partial charge in [-0.25, -0.2) is 28.3 Å². The van der Waals surface area contributed by atoms with E-state index in [1.54, 1.807) is 59.1 Å². The largest absolute Gasteiger partial charge is 0.462 e. The van der Waals surface area contributed by atoms with Crippen LogP contribution in [-0.4, -0.2) is 96.0 Å². The SMILES string of the molecule is CCOC(=O)c1cnc2c(CN3CCOCC3)cc(-c3cnc4[nH]c5c(N(C)C(=O)OC(C)(C)C)cc(F)c(F)c5c4c3N(C)C)cn2c1=O. The molecule has 1 saturated heterocycles. The van der Waals surface area contributed by atoms with Gasteiger partial charge >= 0.3 is 12.1 Å². The number of benzene rings is 1. The van der Waals surface area contributed by atoms with Gasteiger partial charge in [0.05, 0.1) is 47.5 Å². The van der Waals surface area contributed by atoms with E-state index >= 15 is 8.78 Å². The highest BCUT2D eigenvalue weighted by Crippen LogP contribution is 2.43. The fraction of sp³-hybridized carbons (Fsp3) is 0.400. The first kappa shape index (κ1) is 34.7. The van der Waals surface area contributed by atoms with Crippen molar-refractivity contribution in [2.45, 2.75) is 39.8 Å². The molecule has 0 unspecified atom stereocenters.